The lowest BCUT2D eigenvalue weighted by molar-refractivity contribution is -0.138. The maximum Gasteiger partial charge on any atom is 0.317 e. The number of benzene rings is 3. The molecule has 2 aliphatic heterocycles. The molecule has 2 fully saturated rings. The number of carboxylic acids is 1. The molecule has 2 heterocycles. The largest absolute Gasteiger partial charge is 0.508 e. The molecule has 0 bridgehead atoms. The monoisotopic (exact) mass is 510 g/mol. The molecule has 6 rings (SSSR count). The van der Waals surface area contributed by atoms with Gasteiger partial charge in [-0.1, -0.05) is 48.5 Å². The highest BCUT2D eigenvalue weighted by atomic mass is 16.4. The van der Waals surface area contributed by atoms with Gasteiger partial charge < -0.3 is 15.1 Å². The predicted molar refractivity (Wildman–Crippen MR) is 151 cm³/mol. The average Bonchev–Trinajstić information content (AvgIpc) is 3.25. The molecule has 0 saturated carbocycles. The van der Waals surface area contributed by atoms with Crippen LogP contribution in [0.25, 0.3) is 0 Å². The Labute approximate surface area is 225 Å². The van der Waals surface area contributed by atoms with Crippen molar-refractivity contribution in [2.75, 3.05) is 37.6 Å². The lowest BCUT2D eigenvalue weighted by Gasteiger charge is -2.35. The average molecular weight is 511 g/mol. The van der Waals surface area contributed by atoms with E-state index in [0.717, 1.165) is 51.9 Å². The van der Waals surface area contributed by atoms with E-state index in [9.17, 15) is 15.0 Å². The fourth-order valence-corrected chi connectivity index (χ4v) is 7.39. The second kappa shape index (κ2) is 10.5. The summed E-state index contributed by atoms with van der Waals surface area (Å²) >= 11 is 0. The molecule has 2 N–H and O–H groups in total. The summed E-state index contributed by atoms with van der Waals surface area (Å²) in [6.45, 7) is 4.07. The number of rotatable bonds is 5. The molecule has 1 spiro atoms. The number of carboxylic acid groups (broad SMARTS) is 1. The smallest absolute Gasteiger partial charge is 0.317 e. The van der Waals surface area contributed by atoms with E-state index >= 15 is 0 Å². The standard InChI is InChI=1S/C33H38N2O3/c36-28-12-14-30-26(21-28)9-13-29(24-5-2-1-3-6-24)32(30)25-7-10-27(11-8-25)35-20-17-33(23-35)15-4-18-34(19-16-33)22-31(37)38/h1-3,5-8,10-12,14,21,29,32,36H,4,9,13,15-20,22-23H2,(H,37,38)/t29-,32+,33?/m1/s1. The third-order valence-corrected chi connectivity index (χ3v) is 9.37. The molecule has 2 saturated heterocycles. The number of phenolic OH excluding ortho intramolecular Hbond substituents is 1. The number of anilines is 1. The van der Waals surface area contributed by atoms with E-state index in [4.69, 9.17) is 0 Å². The van der Waals surface area contributed by atoms with Crippen molar-refractivity contribution >= 4 is 11.7 Å². The molecule has 5 nitrogen and oxygen atoms in total. The molecule has 5 heteroatoms. The zero-order valence-corrected chi connectivity index (χ0v) is 22.1. The van der Waals surface area contributed by atoms with Crippen LogP contribution in [0, 0.1) is 5.41 Å². The Morgan fingerprint density at radius 1 is 0.895 bits per heavy atom. The van der Waals surface area contributed by atoms with E-state index in [1.807, 2.05) is 12.1 Å². The first-order chi connectivity index (χ1) is 18.5. The zero-order chi connectivity index (χ0) is 26.1. The first-order valence-electron chi connectivity index (χ1n) is 14.2. The van der Waals surface area contributed by atoms with E-state index in [0.29, 0.717) is 17.1 Å². The Hall–Kier alpha value is -3.31. The lowest BCUT2D eigenvalue weighted by atomic mass is 9.69. The topological polar surface area (TPSA) is 64.0 Å². The van der Waals surface area contributed by atoms with Gasteiger partial charge in [0.15, 0.2) is 0 Å². The van der Waals surface area contributed by atoms with Crippen LogP contribution in [-0.4, -0.2) is 53.8 Å². The van der Waals surface area contributed by atoms with Crippen LogP contribution in [0.1, 0.15) is 66.2 Å². The van der Waals surface area contributed by atoms with E-state index in [1.165, 1.54) is 40.8 Å². The number of phenols is 1. The van der Waals surface area contributed by atoms with Gasteiger partial charge in [-0.3, -0.25) is 9.69 Å². The Balaban J connectivity index is 1.22. The van der Waals surface area contributed by atoms with Gasteiger partial charge >= 0.3 is 5.97 Å². The molecule has 0 aromatic heterocycles. The van der Waals surface area contributed by atoms with Crippen molar-refractivity contribution in [2.45, 2.75) is 50.4 Å². The third-order valence-electron chi connectivity index (χ3n) is 9.37. The van der Waals surface area contributed by atoms with Crippen LogP contribution in [0.15, 0.2) is 72.8 Å². The summed E-state index contributed by atoms with van der Waals surface area (Å²) in [4.78, 5) is 15.8. The predicted octanol–water partition coefficient (Wildman–Crippen LogP) is 6.02. The molecule has 3 aliphatic rings. The van der Waals surface area contributed by atoms with Crippen LogP contribution in [0.3, 0.4) is 0 Å². The van der Waals surface area contributed by atoms with Gasteiger partial charge in [0.2, 0.25) is 0 Å². The summed E-state index contributed by atoms with van der Waals surface area (Å²) in [6, 6.07) is 26.0. The van der Waals surface area contributed by atoms with Crippen molar-refractivity contribution < 1.29 is 15.0 Å². The van der Waals surface area contributed by atoms with Gasteiger partial charge in [0.25, 0.3) is 0 Å². The highest BCUT2D eigenvalue weighted by Gasteiger charge is 2.39. The lowest BCUT2D eigenvalue weighted by Crippen LogP contribution is -2.32. The Bertz CT molecular complexity index is 1280. The van der Waals surface area contributed by atoms with E-state index in [2.05, 4.69) is 70.5 Å². The number of aromatic hydroxyl groups is 1. The van der Waals surface area contributed by atoms with Crippen molar-refractivity contribution in [3.63, 3.8) is 0 Å². The number of aliphatic carboxylic acids is 1. The van der Waals surface area contributed by atoms with Gasteiger partial charge in [-0.2, -0.15) is 0 Å². The minimum absolute atomic E-state index is 0.162. The quantitative estimate of drug-likeness (QED) is 0.439. The van der Waals surface area contributed by atoms with E-state index in [1.54, 1.807) is 0 Å². The Kier molecular flexibility index (Phi) is 6.87. The molecule has 3 aromatic rings. The first-order valence-corrected chi connectivity index (χ1v) is 14.2. The van der Waals surface area contributed by atoms with Gasteiger partial charge in [-0.05, 0) is 109 Å². The molecule has 3 atom stereocenters. The number of aryl methyl sites for hydroxylation is 1. The van der Waals surface area contributed by atoms with Crippen molar-refractivity contribution in [1.29, 1.82) is 0 Å². The summed E-state index contributed by atoms with van der Waals surface area (Å²) in [6.07, 6.45) is 6.59. The number of likely N-dealkylation sites (tertiary alicyclic amines) is 1. The van der Waals surface area contributed by atoms with Crippen LogP contribution >= 0.6 is 0 Å². The fraction of sp³-hybridized carbons (Fsp3) is 0.424. The molecule has 1 aliphatic carbocycles. The van der Waals surface area contributed by atoms with Crippen molar-refractivity contribution in [3.05, 3.63) is 95.1 Å². The molecule has 0 radical (unpaired) electrons. The van der Waals surface area contributed by atoms with Gasteiger partial charge in [0.05, 0.1) is 6.54 Å². The van der Waals surface area contributed by atoms with Gasteiger partial charge in [-0.25, -0.2) is 0 Å². The van der Waals surface area contributed by atoms with Crippen LogP contribution < -0.4 is 4.90 Å². The summed E-state index contributed by atoms with van der Waals surface area (Å²) in [5, 5.41) is 19.3. The number of nitrogens with zero attached hydrogens (tertiary/aromatic N) is 2. The van der Waals surface area contributed by atoms with Crippen molar-refractivity contribution in [2.24, 2.45) is 5.41 Å². The molecule has 0 amide bonds. The summed E-state index contributed by atoms with van der Waals surface area (Å²) < 4.78 is 0. The second-order valence-corrected chi connectivity index (χ2v) is 11.7. The van der Waals surface area contributed by atoms with Crippen molar-refractivity contribution in [1.82, 2.24) is 4.90 Å². The zero-order valence-electron chi connectivity index (χ0n) is 22.1. The molecule has 198 valence electrons. The summed E-state index contributed by atoms with van der Waals surface area (Å²) in [5.41, 5.74) is 6.90. The van der Waals surface area contributed by atoms with E-state index < -0.39 is 5.97 Å². The molecular weight excluding hydrogens is 472 g/mol. The minimum atomic E-state index is -0.721. The normalized spacial score (nSPS) is 25.7. The molecular formula is C33H38N2O3. The number of hydrogen-bond donors (Lipinski definition) is 2. The van der Waals surface area contributed by atoms with Gasteiger partial charge in [-0.15, -0.1) is 0 Å². The van der Waals surface area contributed by atoms with Gasteiger partial charge in [0, 0.05) is 24.7 Å². The van der Waals surface area contributed by atoms with Crippen LogP contribution in [0.4, 0.5) is 5.69 Å². The Morgan fingerprint density at radius 3 is 2.47 bits per heavy atom. The summed E-state index contributed by atoms with van der Waals surface area (Å²) in [7, 11) is 0. The van der Waals surface area contributed by atoms with Crippen molar-refractivity contribution in [3.8, 4) is 5.75 Å². The summed E-state index contributed by atoms with van der Waals surface area (Å²) in [5.74, 6) is 0.307. The fourth-order valence-electron chi connectivity index (χ4n) is 7.39. The third kappa shape index (κ3) is 5.04. The maximum absolute atomic E-state index is 11.2. The number of carbonyl (C=O) groups is 1. The number of hydrogen-bond acceptors (Lipinski definition) is 4. The Morgan fingerprint density at radius 2 is 1.68 bits per heavy atom. The minimum Gasteiger partial charge on any atom is -0.508 e. The van der Waals surface area contributed by atoms with Gasteiger partial charge in [0.1, 0.15) is 5.75 Å². The van der Waals surface area contributed by atoms with Crippen LogP contribution in [-0.2, 0) is 11.2 Å². The van der Waals surface area contributed by atoms with Crippen LogP contribution in [0.5, 0.6) is 5.75 Å². The molecule has 1 unspecified atom stereocenters. The van der Waals surface area contributed by atoms with Crippen LogP contribution in [0.2, 0.25) is 0 Å². The highest BCUT2D eigenvalue weighted by molar-refractivity contribution is 5.69. The SMILES string of the molecule is O=C(O)CN1CCCC2(CC1)CCN(c1ccc([C@@H]3c4ccc(O)cc4CC[C@@H]3c3ccccc3)cc1)C2. The van der Waals surface area contributed by atoms with E-state index in [-0.39, 0.29) is 12.5 Å². The maximum atomic E-state index is 11.2. The molecule has 3 aromatic carbocycles. The molecule has 38 heavy (non-hydrogen) atoms. The highest BCUT2D eigenvalue weighted by Crippen LogP contribution is 2.48. The number of fused-ring (bicyclic) bond motifs is 1. The second-order valence-electron chi connectivity index (χ2n) is 11.7. The first kappa shape index (κ1) is 25.0.